The fraction of sp³-hybridized carbons (Fsp3) is 0.565. The van der Waals surface area contributed by atoms with Gasteiger partial charge in [0.2, 0.25) is 76.8 Å². The summed E-state index contributed by atoms with van der Waals surface area (Å²) in [7, 11) is 0. The molecule has 0 aliphatic rings. The van der Waals surface area contributed by atoms with Crippen molar-refractivity contribution in [3.8, 4) is 0 Å². The molecule has 0 radical (unpaired) electrons. The van der Waals surface area contributed by atoms with E-state index in [9.17, 15) is 87.2 Å². The molecule has 0 unspecified atom stereocenters. The van der Waals surface area contributed by atoms with Gasteiger partial charge in [-0.3, -0.25) is 82.1 Å². The van der Waals surface area contributed by atoms with E-state index in [1.54, 1.807) is 81.4 Å². The van der Waals surface area contributed by atoms with Crippen molar-refractivity contribution in [1.82, 2.24) is 69.1 Å². The highest BCUT2D eigenvalue weighted by Gasteiger charge is 2.38. The molecule has 0 saturated heterocycles. The Kier molecular flexibility index (Phi) is 45.4. The quantitative estimate of drug-likeness (QED) is 0.00961. The Balaban J connectivity index is 2.43. The van der Waals surface area contributed by atoms with E-state index >= 15 is 0 Å². The van der Waals surface area contributed by atoms with Crippen LogP contribution in [0, 0.1) is 11.8 Å². The van der Waals surface area contributed by atoms with Gasteiger partial charge in [0.15, 0.2) is 17.9 Å². The topological polar surface area (TPSA) is 692 Å². The molecule has 43 heteroatoms. The molecular weight excluding hydrogens is 1500 g/mol. The van der Waals surface area contributed by atoms with Gasteiger partial charge < -0.3 is 129 Å². The van der Waals surface area contributed by atoms with Gasteiger partial charge >= 0.3 is 5.97 Å². The summed E-state index contributed by atoms with van der Waals surface area (Å²) in [4.78, 5) is 216. The van der Waals surface area contributed by atoms with E-state index in [0.29, 0.717) is 23.8 Å². The molecule has 0 heterocycles. The molecule has 0 saturated carbocycles. The highest BCUT2D eigenvalue weighted by molar-refractivity contribution is 7.80. The van der Waals surface area contributed by atoms with E-state index in [2.05, 4.69) is 109 Å². The zero-order chi connectivity index (χ0) is 84.2. The van der Waals surface area contributed by atoms with Gasteiger partial charge in [-0.05, 0) is 68.4 Å². The fourth-order valence-electron chi connectivity index (χ4n) is 10.4. The number of aliphatic hydroxyl groups excluding tert-OH is 2. The maximum atomic E-state index is 14.5. The molecule has 13 amide bonds. The van der Waals surface area contributed by atoms with Gasteiger partial charge in [-0.1, -0.05) is 101 Å². The van der Waals surface area contributed by atoms with Crippen molar-refractivity contribution < 1.29 is 87.2 Å². The van der Waals surface area contributed by atoms with Crippen molar-refractivity contribution in [2.45, 2.75) is 184 Å². The second-order valence-electron chi connectivity index (χ2n) is 26.2. The summed E-state index contributed by atoms with van der Waals surface area (Å²) >= 11 is 8.47. The third-order valence-electron chi connectivity index (χ3n) is 17.2. The Morgan fingerprint density at radius 1 is 0.429 bits per heavy atom. The van der Waals surface area contributed by atoms with Crippen LogP contribution in [0.4, 0.5) is 0 Å². The van der Waals surface area contributed by atoms with Crippen molar-refractivity contribution in [3.63, 3.8) is 0 Å². The van der Waals surface area contributed by atoms with Crippen LogP contribution < -0.4 is 109 Å². The number of nitrogens with two attached hydrogens (primary N) is 7. The van der Waals surface area contributed by atoms with Crippen LogP contribution in [0.25, 0.3) is 0 Å². The molecule has 0 spiro atoms. The smallest absolute Gasteiger partial charge is 0.305 e. The third kappa shape index (κ3) is 36.7. The number of rotatable bonds is 53. The molecule has 41 nitrogen and oxygen atoms in total. The molecule has 2 aromatic carbocycles. The summed E-state index contributed by atoms with van der Waals surface area (Å²) in [5.41, 5.74) is 39.6. The van der Waals surface area contributed by atoms with Gasteiger partial charge in [0.1, 0.15) is 78.8 Å². The van der Waals surface area contributed by atoms with Crippen molar-refractivity contribution in [2.24, 2.45) is 66.9 Å². The van der Waals surface area contributed by atoms with Crippen LogP contribution in [0.15, 0.2) is 75.6 Å². The van der Waals surface area contributed by atoms with Crippen LogP contribution in [0.5, 0.6) is 0 Å². The molecule has 2 aromatic rings. The van der Waals surface area contributed by atoms with Crippen molar-refractivity contribution in [3.05, 3.63) is 71.8 Å². The maximum absolute atomic E-state index is 14.5. The SMILES string of the molecule is CC[C@H](C)[C@H](NC(=O)[C@H](CCCN=C(N)N)NC(=O)CNC(=O)[C@H](C)NC(=O)[C@H](Cc1ccccc1)NC(=O)[C@H](CS)NC(=O)[C@H](CO)NC(=O)[C@@H](N)CO)C(=O)N[C@@H](CC(=O)O)C(=O)N[C@@H](CCCN=C(N)N)C(=O)N[C@H](C(=O)N[C@@H](CS)C(=O)N[C@@H](Cc1ccccc1)C(=O)N[C@H](C=O)CCCN=C(N)N)[C@@H](C)CC. The first-order chi connectivity index (χ1) is 53.1. The number of amides is 13. The number of aliphatic imine (C=N–C) groups is 3. The number of thiol groups is 2. The first kappa shape index (κ1) is 97.2. The molecule has 0 aliphatic carbocycles. The molecule has 0 bridgehead atoms. The zero-order valence-corrected chi connectivity index (χ0v) is 65.0. The van der Waals surface area contributed by atoms with Crippen LogP contribution in [0.3, 0.4) is 0 Å². The van der Waals surface area contributed by atoms with Gasteiger partial charge in [0.25, 0.3) is 0 Å². The van der Waals surface area contributed by atoms with Gasteiger partial charge in [-0.2, -0.15) is 25.3 Å². The molecule has 15 atom stereocenters. The van der Waals surface area contributed by atoms with Gasteiger partial charge in [-0.15, -0.1) is 0 Å². The number of carboxylic acids is 1. The number of hydrogen-bond acceptors (Lipinski definition) is 23. The molecule has 30 N–H and O–H groups in total. The lowest BCUT2D eigenvalue weighted by molar-refractivity contribution is -0.142. The molecule has 0 aromatic heterocycles. The van der Waals surface area contributed by atoms with Crippen LogP contribution in [0.2, 0.25) is 0 Å². The minimum absolute atomic E-state index is 0.0123. The summed E-state index contributed by atoms with van der Waals surface area (Å²) in [6.45, 7) is 5.20. The van der Waals surface area contributed by atoms with Crippen LogP contribution in [-0.2, 0) is 84.8 Å². The first-order valence-corrected chi connectivity index (χ1v) is 37.3. The maximum Gasteiger partial charge on any atom is 0.305 e. The Labute approximate surface area is 659 Å². The molecule has 0 aliphatic heterocycles. The molecule has 2 rings (SSSR count). The number of nitrogens with zero attached hydrogens (tertiary/aromatic N) is 3. The van der Waals surface area contributed by atoms with Gasteiger partial charge in [0, 0.05) is 44.0 Å². The van der Waals surface area contributed by atoms with E-state index in [1.165, 1.54) is 13.8 Å². The summed E-state index contributed by atoms with van der Waals surface area (Å²) in [6.07, 6.45) is -0.370. The van der Waals surface area contributed by atoms with Crippen LogP contribution in [-0.4, -0.2) is 252 Å². The molecule has 112 heavy (non-hydrogen) atoms. The predicted molar refractivity (Wildman–Crippen MR) is 419 cm³/mol. The number of hydrogen-bond donors (Lipinski definition) is 25. The predicted octanol–water partition coefficient (Wildman–Crippen LogP) is -8.48. The monoisotopic (exact) mass is 1610 g/mol. The van der Waals surface area contributed by atoms with Crippen LogP contribution >= 0.6 is 25.3 Å². The van der Waals surface area contributed by atoms with Gasteiger partial charge in [0.05, 0.1) is 32.2 Å². The summed E-state index contributed by atoms with van der Waals surface area (Å²) in [6, 6.07) is -2.37. The number of carbonyl (C=O) groups excluding carboxylic acids is 14. The fourth-order valence-corrected chi connectivity index (χ4v) is 11.0. The number of aldehydes is 1. The van der Waals surface area contributed by atoms with Crippen molar-refractivity contribution in [2.75, 3.05) is 50.9 Å². The number of benzene rings is 2. The second kappa shape index (κ2) is 52.3. The number of aliphatic hydroxyl groups is 2. The average Bonchev–Trinajstić information content (AvgIpc) is 0.850. The summed E-state index contributed by atoms with van der Waals surface area (Å²) in [5.74, 6) is -17.2. The molecular formula is C69H111N23O18S2. The van der Waals surface area contributed by atoms with Crippen molar-refractivity contribution >= 4 is 132 Å². The van der Waals surface area contributed by atoms with E-state index < -0.39 is 199 Å². The number of carboxylic acid groups (broad SMARTS) is 1. The Morgan fingerprint density at radius 2 is 0.786 bits per heavy atom. The Morgan fingerprint density at radius 3 is 1.19 bits per heavy atom. The lowest BCUT2D eigenvalue weighted by atomic mass is 9.96. The highest BCUT2D eigenvalue weighted by Crippen LogP contribution is 2.15. The summed E-state index contributed by atoms with van der Waals surface area (Å²) in [5, 5.41) is 61.3. The first-order valence-electron chi connectivity index (χ1n) is 36.1. The van der Waals surface area contributed by atoms with Gasteiger partial charge in [-0.25, -0.2) is 0 Å². The lowest BCUT2D eigenvalue weighted by Crippen LogP contribution is -2.62. The number of nitrogens with one attached hydrogen (secondary N) is 13. The molecule has 0 fully saturated rings. The Bertz CT molecular complexity index is 3540. The minimum atomic E-state index is -1.98. The van der Waals surface area contributed by atoms with E-state index in [1.807, 2.05) is 0 Å². The highest BCUT2D eigenvalue weighted by atomic mass is 32.1. The Hall–Kier alpha value is -10.9. The zero-order valence-electron chi connectivity index (χ0n) is 63.2. The van der Waals surface area contributed by atoms with E-state index in [0.717, 1.165) is 0 Å². The van der Waals surface area contributed by atoms with Crippen molar-refractivity contribution in [1.29, 1.82) is 0 Å². The minimum Gasteiger partial charge on any atom is -0.481 e. The number of aliphatic carboxylic acids is 1. The van der Waals surface area contributed by atoms with E-state index in [4.69, 9.17) is 40.1 Å². The molecule has 622 valence electrons. The largest absolute Gasteiger partial charge is 0.481 e. The summed E-state index contributed by atoms with van der Waals surface area (Å²) < 4.78 is 0. The lowest BCUT2D eigenvalue weighted by Gasteiger charge is -2.30. The number of carbonyl (C=O) groups is 15. The standard InChI is InChI=1S/C69H111N23O18S2/c1-6-36(3)53(91-57(101)43(22-15-25-78-68(73)74)83-51(96)30-80-55(99)38(5)81-59(103)45(27-39-17-10-8-11-18-39)85-63(107)49(34-111)89-62(106)48(33-95)88-56(100)42(70)32-94)65(109)87-47(29-52(97)98)61(105)84-44(23-16-26-79-69(75)76)58(102)92-54(37(4)7-2)66(110)90-50(35-112)64(108)86-46(28-40-19-12-9-13-20-40)60(104)82-41(31-93)21-14-24-77-67(71)72/h8-13,17-20,31,36-38,41-50,53-54,94-95,111-112H,6-7,14-16,21-30,32-35,70H2,1-5H3,(H,80,99)(H,81,103)(H,82,104)(H,83,96)(H,84,105)(H,85,107)(H,86,108)(H,87,109)(H,88,100)(H,89,106)(H,90,110)(H,91,101)(H,92,102)(H,97,98)(H4,71,72,77)(H4,73,74,78)(H4,75,76,79)/t36-,37-,38-,41-,42-,43-,44-,45-,46-,47-,48-,49-,50-,53-,54-/m0/s1. The number of guanidine groups is 3. The second-order valence-corrected chi connectivity index (χ2v) is 26.9. The normalized spacial score (nSPS) is 14.9. The third-order valence-corrected chi connectivity index (χ3v) is 17.9. The average molecular weight is 1610 g/mol. The van der Waals surface area contributed by atoms with E-state index in [-0.39, 0.29) is 107 Å². The van der Waals surface area contributed by atoms with Crippen LogP contribution in [0.1, 0.15) is 104 Å².